The third-order valence-electron chi connectivity index (χ3n) is 3.54. The summed E-state index contributed by atoms with van der Waals surface area (Å²) in [5.41, 5.74) is 0.655. The van der Waals surface area contributed by atoms with Crippen LogP contribution in [0.1, 0.15) is 6.42 Å². The molecule has 6 nitrogen and oxygen atoms in total. The van der Waals surface area contributed by atoms with Gasteiger partial charge in [0.15, 0.2) is 0 Å². The molecule has 2 aromatic carbocycles. The number of phenolic OH excluding ortho intramolecular Hbond substituents is 1. The maximum absolute atomic E-state index is 12.3. The first kappa shape index (κ1) is 16.0. The van der Waals surface area contributed by atoms with E-state index in [2.05, 4.69) is 10.3 Å². The Kier molecular flexibility index (Phi) is 4.48. The Labute approximate surface area is 142 Å². The lowest BCUT2D eigenvalue weighted by molar-refractivity contribution is -0.116. The number of fused-ring (bicyclic) bond motifs is 1. The van der Waals surface area contributed by atoms with Gasteiger partial charge < -0.3 is 10.4 Å². The van der Waals surface area contributed by atoms with Gasteiger partial charge in [-0.25, -0.2) is 4.98 Å². The molecule has 122 valence electrons. The highest BCUT2D eigenvalue weighted by atomic mass is 35.5. The van der Waals surface area contributed by atoms with E-state index >= 15 is 0 Å². The number of aromatic hydroxyl groups is 1. The van der Waals surface area contributed by atoms with Gasteiger partial charge >= 0.3 is 0 Å². The first-order chi connectivity index (χ1) is 11.5. The molecule has 0 bridgehead atoms. The van der Waals surface area contributed by atoms with Crippen molar-refractivity contribution in [3.05, 3.63) is 64.2 Å². The lowest BCUT2D eigenvalue weighted by Crippen LogP contribution is -2.23. The summed E-state index contributed by atoms with van der Waals surface area (Å²) in [5.74, 6) is -0.412. The molecule has 1 amide bonds. The second-order valence-electron chi connectivity index (χ2n) is 5.22. The van der Waals surface area contributed by atoms with E-state index in [1.54, 1.807) is 18.2 Å². The van der Waals surface area contributed by atoms with Crippen molar-refractivity contribution in [3.8, 4) is 5.75 Å². The van der Waals surface area contributed by atoms with Crippen LogP contribution in [-0.4, -0.2) is 20.6 Å². The predicted molar refractivity (Wildman–Crippen MR) is 92.4 cm³/mol. The van der Waals surface area contributed by atoms with Crippen LogP contribution in [0.15, 0.2) is 53.6 Å². The molecule has 3 rings (SSSR count). The smallest absolute Gasteiger partial charge is 0.261 e. The number of nitrogens with zero attached hydrogens (tertiary/aromatic N) is 2. The van der Waals surface area contributed by atoms with E-state index in [1.807, 2.05) is 6.07 Å². The number of benzene rings is 2. The van der Waals surface area contributed by atoms with E-state index in [-0.39, 0.29) is 35.9 Å². The number of aryl methyl sites for hydroxylation is 1. The van der Waals surface area contributed by atoms with Crippen LogP contribution < -0.4 is 10.9 Å². The van der Waals surface area contributed by atoms with Crippen molar-refractivity contribution in [2.24, 2.45) is 0 Å². The number of carbonyl (C=O) groups excluding carboxylic acids is 1. The molecular formula is C17H14ClN3O3. The fraction of sp³-hybridized carbons (Fsp3) is 0.118. The predicted octanol–water partition coefficient (Wildman–Crippen LogP) is 2.78. The van der Waals surface area contributed by atoms with Crippen LogP contribution in [0.5, 0.6) is 5.75 Å². The largest absolute Gasteiger partial charge is 0.506 e. The number of anilines is 1. The minimum atomic E-state index is -0.340. The highest BCUT2D eigenvalue weighted by molar-refractivity contribution is 6.31. The lowest BCUT2D eigenvalue weighted by Gasteiger charge is -2.09. The van der Waals surface area contributed by atoms with Gasteiger partial charge in [-0.05, 0) is 30.3 Å². The number of phenols is 1. The molecule has 0 aliphatic rings. The maximum Gasteiger partial charge on any atom is 0.261 e. The molecule has 0 aliphatic carbocycles. The molecular weight excluding hydrogens is 330 g/mol. The van der Waals surface area contributed by atoms with E-state index in [0.29, 0.717) is 15.9 Å². The normalized spacial score (nSPS) is 10.7. The van der Waals surface area contributed by atoms with Gasteiger partial charge in [0.25, 0.3) is 5.56 Å². The molecule has 0 saturated heterocycles. The molecule has 0 spiro atoms. The van der Waals surface area contributed by atoms with Crippen molar-refractivity contribution >= 4 is 34.1 Å². The molecule has 3 aromatic rings. The van der Waals surface area contributed by atoms with Crippen molar-refractivity contribution in [1.82, 2.24) is 9.55 Å². The van der Waals surface area contributed by atoms with Crippen molar-refractivity contribution in [3.63, 3.8) is 0 Å². The summed E-state index contributed by atoms with van der Waals surface area (Å²) in [6.45, 7) is 0.184. The molecule has 0 radical (unpaired) electrons. The van der Waals surface area contributed by atoms with Crippen LogP contribution >= 0.6 is 11.6 Å². The van der Waals surface area contributed by atoms with Crippen molar-refractivity contribution in [2.45, 2.75) is 13.0 Å². The van der Waals surface area contributed by atoms with Crippen LogP contribution in [0.2, 0.25) is 5.02 Å². The molecule has 0 unspecified atom stereocenters. The van der Waals surface area contributed by atoms with Gasteiger partial charge in [0.05, 0.1) is 22.9 Å². The quantitative estimate of drug-likeness (QED) is 0.713. The molecule has 1 heterocycles. The third kappa shape index (κ3) is 3.38. The van der Waals surface area contributed by atoms with E-state index in [4.69, 9.17) is 11.6 Å². The molecule has 7 heteroatoms. The van der Waals surface area contributed by atoms with E-state index in [9.17, 15) is 14.7 Å². The average Bonchev–Trinajstić information content (AvgIpc) is 2.58. The first-order valence-electron chi connectivity index (χ1n) is 7.27. The Hall–Kier alpha value is -2.86. The van der Waals surface area contributed by atoms with Gasteiger partial charge in [-0.1, -0.05) is 23.7 Å². The molecule has 0 atom stereocenters. The zero-order valence-corrected chi connectivity index (χ0v) is 13.3. The van der Waals surface area contributed by atoms with Crippen LogP contribution in [0, 0.1) is 0 Å². The number of aromatic nitrogens is 2. The van der Waals surface area contributed by atoms with Gasteiger partial charge in [0.2, 0.25) is 5.91 Å². The summed E-state index contributed by atoms with van der Waals surface area (Å²) in [6.07, 6.45) is 1.49. The molecule has 0 saturated carbocycles. The summed E-state index contributed by atoms with van der Waals surface area (Å²) >= 11 is 5.83. The topological polar surface area (TPSA) is 84.2 Å². The van der Waals surface area contributed by atoms with Gasteiger partial charge in [-0.3, -0.25) is 14.2 Å². The Morgan fingerprint density at radius 1 is 1.25 bits per heavy atom. The van der Waals surface area contributed by atoms with E-state index in [1.165, 1.54) is 29.1 Å². The highest BCUT2D eigenvalue weighted by Gasteiger charge is 2.09. The summed E-state index contributed by atoms with van der Waals surface area (Å²) < 4.78 is 1.39. The van der Waals surface area contributed by atoms with Crippen molar-refractivity contribution in [1.29, 1.82) is 0 Å². The summed E-state index contributed by atoms with van der Waals surface area (Å²) in [5, 5.41) is 13.2. The molecule has 24 heavy (non-hydrogen) atoms. The monoisotopic (exact) mass is 343 g/mol. The van der Waals surface area contributed by atoms with Gasteiger partial charge in [0, 0.05) is 18.0 Å². The number of hydrogen-bond acceptors (Lipinski definition) is 4. The van der Waals surface area contributed by atoms with E-state index in [0.717, 1.165) is 0 Å². The number of halogens is 1. The SMILES string of the molecule is O=C(CCn1cnc2ccccc2c1=O)Nc1cc(Cl)ccc1O. The number of hydrogen-bond donors (Lipinski definition) is 2. The third-order valence-corrected chi connectivity index (χ3v) is 3.78. The Balaban J connectivity index is 1.71. The summed E-state index contributed by atoms with van der Waals surface area (Å²) in [6, 6.07) is 11.4. The fourth-order valence-corrected chi connectivity index (χ4v) is 2.48. The number of nitrogens with one attached hydrogen (secondary N) is 1. The van der Waals surface area contributed by atoms with Crippen molar-refractivity contribution < 1.29 is 9.90 Å². The standard InChI is InChI=1S/C17H14ClN3O3/c18-11-5-6-15(22)14(9-11)20-16(23)7-8-21-10-19-13-4-2-1-3-12(13)17(21)24/h1-6,9-10,22H,7-8H2,(H,20,23). The van der Waals surface area contributed by atoms with Gasteiger partial charge in [-0.15, -0.1) is 0 Å². The van der Waals surface area contributed by atoms with E-state index < -0.39 is 0 Å². The number of amides is 1. The number of para-hydroxylation sites is 1. The minimum Gasteiger partial charge on any atom is -0.506 e. The molecule has 2 N–H and O–H groups in total. The minimum absolute atomic E-state index is 0.0614. The van der Waals surface area contributed by atoms with Crippen molar-refractivity contribution in [2.75, 3.05) is 5.32 Å². The van der Waals surface area contributed by atoms with Crippen LogP contribution in [0.4, 0.5) is 5.69 Å². The Morgan fingerprint density at radius 3 is 2.88 bits per heavy atom. The molecule has 0 aliphatic heterocycles. The number of rotatable bonds is 4. The Morgan fingerprint density at radius 2 is 2.04 bits per heavy atom. The number of carbonyl (C=O) groups is 1. The second-order valence-corrected chi connectivity index (χ2v) is 5.66. The molecule has 1 aromatic heterocycles. The van der Waals surface area contributed by atoms with Crippen LogP contribution in [-0.2, 0) is 11.3 Å². The highest BCUT2D eigenvalue weighted by Crippen LogP contribution is 2.26. The average molecular weight is 344 g/mol. The summed E-state index contributed by atoms with van der Waals surface area (Å²) in [7, 11) is 0. The first-order valence-corrected chi connectivity index (χ1v) is 7.65. The molecule has 0 fully saturated rings. The maximum atomic E-state index is 12.3. The summed E-state index contributed by atoms with van der Waals surface area (Å²) in [4.78, 5) is 28.6. The van der Waals surface area contributed by atoms with Gasteiger partial charge in [0.1, 0.15) is 5.75 Å². The van der Waals surface area contributed by atoms with Crippen LogP contribution in [0.25, 0.3) is 10.9 Å². The zero-order valence-electron chi connectivity index (χ0n) is 12.6. The zero-order chi connectivity index (χ0) is 17.1. The Bertz CT molecular complexity index is 969. The van der Waals surface area contributed by atoms with Gasteiger partial charge in [-0.2, -0.15) is 0 Å². The van der Waals surface area contributed by atoms with Crippen LogP contribution in [0.3, 0.4) is 0 Å². The second kappa shape index (κ2) is 6.72. The lowest BCUT2D eigenvalue weighted by atomic mass is 10.2. The fourth-order valence-electron chi connectivity index (χ4n) is 2.31.